The van der Waals surface area contributed by atoms with Gasteiger partial charge in [-0.2, -0.15) is 0 Å². The van der Waals surface area contributed by atoms with Crippen molar-refractivity contribution >= 4 is 0 Å². The molecular formula is C8H8. The van der Waals surface area contributed by atoms with Gasteiger partial charge in [0.2, 0.25) is 0 Å². The molecule has 0 radical (unpaired) electrons. The molecule has 40 valence electrons. The topological polar surface area (TPSA) is 0 Å². The summed E-state index contributed by atoms with van der Waals surface area (Å²) in [6.07, 6.45) is 2.40. The van der Waals surface area contributed by atoms with Gasteiger partial charge in [-0.15, -0.1) is 0 Å². The first-order chi connectivity index (χ1) is 3.91. The molecule has 0 amide bonds. The number of hydrogen-bond acceptors (Lipinski definition) is 0. The predicted octanol–water partition coefficient (Wildman–Crippen LogP) is 1.59. The van der Waals surface area contributed by atoms with Gasteiger partial charge in [0, 0.05) is 6.42 Å². The summed E-state index contributed by atoms with van der Waals surface area (Å²) in [5, 5.41) is 0. The lowest BCUT2D eigenvalue weighted by Gasteiger charge is -1.60. The van der Waals surface area contributed by atoms with Crippen LogP contribution in [0.5, 0.6) is 0 Å². The largest absolute Gasteiger partial charge is 0.0906 e. The molecular weight excluding hydrogens is 96.1 g/mol. The highest BCUT2D eigenvalue weighted by Gasteiger charge is 1.54. The van der Waals surface area contributed by atoms with E-state index in [1.165, 1.54) is 6.08 Å². The molecule has 0 unspecified atom stereocenters. The van der Waals surface area contributed by atoms with Crippen LogP contribution in [0.15, 0.2) is 12.7 Å². The van der Waals surface area contributed by atoms with Crippen LogP contribution in [0.2, 0.25) is 0 Å². The van der Waals surface area contributed by atoms with Gasteiger partial charge in [-0.1, -0.05) is 25.3 Å². The van der Waals surface area contributed by atoms with Crippen LogP contribution in [0.3, 0.4) is 0 Å². The van der Waals surface area contributed by atoms with Crippen molar-refractivity contribution in [2.75, 3.05) is 0 Å². The number of rotatable bonds is 0. The van der Waals surface area contributed by atoms with Crippen LogP contribution in [0, 0.1) is 23.7 Å². The molecule has 0 heterocycles. The smallest absolute Gasteiger partial charge is 0.00704 e. The summed E-state index contributed by atoms with van der Waals surface area (Å²) in [5.41, 5.74) is 0. The minimum Gasteiger partial charge on any atom is -0.0906 e. The third-order valence-electron chi connectivity index (χ3n) is 0.502. The van der Waals surface area contributed by atoms with E-state index in [0.29, 0.717) is 0 Å². The van der Waals surface area contributed by atoms with E-state index in [9.17, 15) is 0 Å². The minimum atomic E-state index is 0.867. The van der Waals surface area contributed by atoms with Gasteiger partial charge in [-0.3, -0.25) is 0 Å². The number of allylic oxidation sites excluding steroid dienone is 1. The van der Waals surface area contributed by atoms with Crippen LogP contribution >= 0.6 is 0 Å². The van der Waals surface area contributed by atoms with E-state index < -0.39 is 0 Å². The Kier molecular flexibility index (Phi) is 5.02. The van der Waals surface area contributed by atoms with E-state index in [-0.39, 0.29) is 0 Å². The SMILES string of the molecule is C=CC#CC#CCC. The maximum Gasteiger partial charge on any atom is 0.00704 e. The Morgan fingerprint density at radius 1 is 1.50 bits per heavy atom. The fraction of sp³-hybridized carbons (Fsp3) is 0.250. The lowest BCUT2D eigenvalue weighted by molar-refractivity contribution is 1.28. The average Bonchev–Trinajstić information content (AvgIpc) is 1.81. The van der Waals surface area contributed by atoms with Gasteiger partial charge < -0.3 is 0 Å². The first-order valence-electron chi connectivity index (χ1n) is 2.51. The second-order valence-corrected chi connectivity index (χ2v) is 1.13. The molecule has 0 fully saturated rings. The molecule has 0 N–H and O–H groups in total. The average molecular weight is 104 g/mol. The Bertz CT molecular complexity index is 166. The molecule has 0 bridgehead atoms. The zero-order chi connectivity index (χ0) is 6.24. The zero-order valence-electron chi connectivity index (χ0n) is 4.99. The van der Waals surface area contributed by atoms with Crippen LogP contribution in [0.4, 0.5) is 0 Å². The van der Waals surface area contributed by atoms with Crippen molar-refractivity contribution in [2.24, 2.45) is 0 Å². The van der Waals surface area contributed by atoms with Crippen LogP contribution in [0.25, 0.3) is 0 Å². The molecule has 0 spiro atoms. The van der Waals surface area contributed by atoms with Crippen molar-refractivity contribution in [3.05, 3.63) is 12.7 Å². The molecule has 0 heteroatoms. The Morgan fingerprint density at radius 3 is 2.75 bits per heavy atom. The van der Waals surface area contributed by atoms with E-state index >= 15 is 0 Å². The van der Waals surface area contributed by atoms with E-state index in [2.05, 4.69) is 30.3 Å². The maximum atomic E-state index is 3.42. The Labute approximate surface area is 50.6 Å². The van der Waals surface area contributed by atoms with Crippen LogP contribution in [-0.4, -0.2) is 0 Å². The third kappa shape index (κ3) is 4.86. The van der Waals surface area contributed by atoms with Crippen LogP contribution < -0.4 is 0 Å². The van der Waals surface area contributed by atoms with E-state index in [1.807, 2.05) is 6.92 Å². The Balaban J connectivity index is 3.56. The highest BCUT2D eigenvalue weighted by molar-refractivity contribution is 5.29. The molecule has 8 heavy (non-hydrogen) atoms. The molecule has 0 saturated heterocycles. The second kappa shape index (κ2) is 5.86. The van der Waals surface area contributed by atoms with Crippen molar-refractivity contribution in [1.82, 2.24) is 0 Å². The molecule has 0 saturated carbocycles. The minimum absolute atomic E-state index is 0.867. The molecule has 0 aromatic heterocycles. The maximum absolute atomic E-state index is 3.42. The van der Waals surface area contributed by atoms with Gasteiger partial charge in [0.05, 0.1) is 0 Å². The summed E-state index contributed by atoms with van der Waals surface area (Å²) < 4.78 is 0. The summed E-state index contributed by atoms with van der Waals surface area (Å²) in [7, 11) is 0. The Morgan fingerprint density at radius 2 is 2.25 bits per heavy atom. The molecule has 0 aromatic carbocycles. The van der Waals surface area contributed by atoms with Crippen molar-refractivity contribution < 1.29 is 0 Å². The Hall–Kier alpha value is -1.14. The van der Waals surface area contributed by atoms with Gasteiger partial charge in [-0.25, -0.2) is 0 Å². The van der Waals surface area contributed by atoms with Gasteiger partial charge in [0.15, 0.2) is 0 Å². The normalized spacial score (nSPS) is 5.12. The zero-order valence-corrected chi connectivity index (χ0v) is 4.99. The fourth-order valence-corrected chi connectivity index (χ4v) is 0.220. The fourth-order valence-electron chi connectivity index (χ4n) is 0.220. The van der Waals surface area contributed by atoms with Gasteiger partial charge in [0.1, 0.15) is 0 Å². The summed E-state index contributed by atoms with van der Waals surface area (Å²) in [4.78, 5) is 0. The predicted molar refractivity (Wildman–Crippen MR) is 36.0 cm³/mol. The molecule has 0 aliphatic heterocycles. The molecule has 0 aromatic rings. The molecule has 0 atom stereocenters. The van der Waals surface area contributed by atoms with Crippen molar-refractivity contribution in [2.45, 2.75) is 13.3 Å². The van der Waals surface area contributed by atoms with Gasteiger partial charge in [0.25, 0.3) is 0 Å². The van der Waals surface area contributed by atoms with Crippen LogP contribution in [0.1, 0.15) is 13.3 Å². The summed E-state index contributed by atoms with van der Waals surface area (Å²) in [6, 6.07) is 0. The number of hydrogen-bond donors (Lipinski definition) is 0. The second-order valence-electron chi connectivity index (χ2n) is 1.13. The summed E-state index contributed by atoms with van der Waals surface area (Å²) in [6.45, 7) is 5.41. The van der Waals surface area contributed by atoms with Crippen molar-refractivity contribution in [1.29, 1.82) is 0 Å². The van der Waals surface area contributed by atoms with Crippen LogP contribution in [-0.2, 0) is 0 Å². The molecule has 0 aliphatic rings. The van der Waals surface area contributed by atoms with Crippen molar-refractivity contribution in [3.63, 3.8) is 0 Å². The monoisotopic (exact) mass is 104 g/mol. The first kappa shape index (κ1) is 6.86. The molecule has 0 nitrogen and oxygen atoms in total. The molecule has 0 aliphatic carbocycles. The van der Waals surface area contributed by atoms with Crippen molar-refractivity contribution in [3.8, 4) is 23.7 Å². The third-order valence-corrected chi connectivity index (χ3v) is 0.502. The molecule has 0 rings (SSSR count). The van der Waals surface area contributed by atoms with E-state index in [0.717, 1.165) is 6.42 Å². The first-order valence-corrected chi connectivity index (χ1v) is 2.51. The lowest BCUT2D eigenvalue weighted by atomic mass is 10.4. The van der Waals surface area contributed by atoms with Gasteiger partial charge in [-0.05, 0) is 17.9 Å². The van der Waals surface area contributed by atoms with E-state index in [1.54, 1.807) is 0 Å². The summed E-state index contributed by atoms with van der Waals surface area (Å²) in [5.74, 6) is 10.7. The summed E-state index contributed by atoms with van der Waals surface area (Å²) >= 11 is 0. The highest BCUT2D eigenvalue weighted by atomic mass is 13.6. The highest BCUT2D eigenvalue weighted by Crippen LogP contribution is 1.64. The van der Waals surface area contributed by atoms with E-state index in [4.69, 9.17) is 0 Å². The van der Waals surface area contributed by atoms with Gasteiger partial charge >= 0.3 is 0 Å². The quantitative estimate of drug-likeness (QED) is 0.409. The lowest BCUT2D eigenvalue weighted by Crippen LogP contribution is -1.51. The standard InChI is InChI=1S/C8H8/c1-3-5-7-8-6-4-2/h3H,1,4H2,2H3.